The quantitative estimate of drug-likeness (QED) is 0.0300. The number of carbonyl (C=O) groups excluding carboxylic acids is 15. The van der Waals surface area contributed by atoms with Crippen molar-refractivity contribution in [2.45, 2.75) is 230 Å². The van der Waals surface area contributed by atoms with Gasteiger partial charge in [-0.25, -0.2) is 4.79 Å². The highest BCUT2D eigenvalue weighted by molar-refractivity contribution is 8.76. The highest BCUT2D eigenvalue weighted by Gasteiger charge is 2.45. The Bertz CT molecular complexity index is 3640. The molecule has 5 rings (SSSR count). The van der Waals surface area contributed by atoms with Crippen molar-refractivity contribution < 1.29 is 96.7 Å². The third-order valence-electron chi connectivity index (χ3n) is 20.2. The van der Waals surface area contributed by atoms with E-state index in [-0.39, 0.29) is 74.8 Å². The van der Waals surface area contributed by atoms with Crippen LogP contribution < -0.4 is 63.8 Å². The summed E-state index contributed by atoms with van der Waals surface area (Å²) in [6, 6.07) is -2.69. The van der Waals surface area contributed by atoms with Gasteiger partial charge in [-0.15, -0.1) is 0 Å². The number of hydrogen-bond donors (Lipinski definition) is 15. The Kier molecular flexibility index (Phi) is 38.5. The number of esters is 1. The third kappa shape index (κ3) is 28.7. The maximum atomic E-state index is 15.6. The fourth-order valence-electron chi connectivity index (χ4n) is 12.5. The van der Waals surface area contributed by atoms with Gasteiger partial charge < -0.3 is 98.4 Å². The first-order chi connectivity index (χ1) is 53.5. The topological polar surface area (TPSA) is 489 Å². The molecule has 0 aliphatic carbocycles. The van der Waals surface area contributed by atoms with Crippen molar-refractivity contribution in [2.75, 3.05) is 52.9 Å². The summed E-state index contributed by atoms with van der Waals surface area (Å²) in [6.45, 7) is 16.9. The summed E-state index contributed by atoms with van der Waals surface area (Å²) in [5.41, 5.74) is 0.410. The minimum Gasteiger partial charge on any atom is -0.458 e. The van der Waals surface area contributed by atoms with E-state index in [1.54, 1.807) is 95.3 Å². The van der Waals surface area contributed by atoms with E-state index < -0.39 is 217 Å². The fraction of sp³-hybridized carbons (Fsp3) is 0.618. The second-order valence-electron chi connectivity index (χ2n) is 29.2. The van der Waals surface area contributed by atoms with Crippen LogP contribution in [0.4, 0.5) is 0 Å². The number of cyclic esters (lactones) is 1. The van der Waals surface area contributed by atoms with Crippen molar-refractivity contribution in [1.82, 2.24) is 78.5 Å². The van der Waals surface area contributed by atoms with Gasteiger partial charge in [0.15, 0.2) is 18.5 Å². The summed E-state index contributed by atoms with van der Waals surface area (Å²) in [5, 5.41) is 61.7. The van der Waals surface area contributed by atoms with Crippen LogP contribution >= 0.6 is 21.6 Å². The molecule has 3 heterocycles. The number of aliphatic hydroxyl groups excluding tert-OH is 2. The molecule has 0 radical (unpaired) electrons. The van der Waals surface area contributed by atoms with Crippen LogP contribution in [0.3, 0.4) is 0 Å². The number of fused-ring (bicyclic) bond motifs is 6. The maximum Gasteiger partial charge on any atom is 0.331 e. The molecular weight excluding hydrogens is 1510 g/mol. The van der Waals surface area contributed by atoms with Crippen molar-refractivity contribution in [3.05, 3.63) is 84.1 Å². The van der Waals surface area contributed by atoms with Crippen LogP contribution in [0, 0.1) is 17.8 Å². The first-order valence-electron chi connectivity index (χ1n) is 38.1. The average Bonchev–Trinajstić information content (AvgIpc) is 1.75. The standard InChI is InChI=1S/C76H115N15O20S2/c1-15-40(4)33-49-66(99)87-60-45(9)111-76(109)53(37-92)84-73(106)61(46(10)110-14)90(13)75(108)62(89(11)12)88-67(100)50(34-41(5)16-2)81-64(97)44(8)78-71(104)59(42(6)17-3)86-69(102)55(85-70(103)56-29-24-32-91(56)74(107)52(83-72(60)105)36-48-27-22-19-23-28-48)39-113-112-38-54(79-57(93)30-31-58(94)95)68(101)82-51(35-47-25-20-18-21-26-47)65(98)77-43(7)63(96)80-49/h18-23,25-28,40-43,45-46,49-56,58-62,92,94-95H,8,15-17,24,29-39H2,1-7,9-14H3,(H,77,98)(H,78,104)(H,79,93)(H,80,96)(H,81,97)(H,82,101)(H,83,105)(H,84,106)(H,85,103)(H,86,102)(H,87,99)(H,88,100)/t40-,41+,42-,43+,45+,46+,49-,50-,51+,52+,53-,54-,55-,56-,59-,60+,61-,62?/m0/s1. The number of benzene rings is 2. The molecule has 3 aliphatic rings. The van der Waals surface area contributed by atoms with Crippen LogP contribution in [0.25, 0.3) is 0 Å². The van der Waals surface area contributed by atoms with Gasteiger partial charge in [0.2, 0.25) is 70.9 Å². The molecule has 2 aromatic carbocycles. The van der Waals surface area contributed by atoms with Crippen molar-refractivity contribution >= 4 is 110 Å². The van der Waals surface area contributed by atoms with Crippen molar-refractivity contribution in [3.63, 3.8) is 0 Å². The smallest absolute Gasteiger partial charge is 0.331 e. The zero-order valence-corrected chi connectivity index (χ0v) is 68.1. The Labute approximate surface area is 667 Å². The van der Waals surface area contributed by atoms with E-state index in [4.69, 9.17) is 9.47 Å². The largest absolute Gasteiger partial charge is 0.458 e. The molecule has 0 saturated carbocycles. The molecule has 626 valence electrons. The molecule has 14 amide bonds. The molecule has 2 bridgehead atoms. The van der Waals surface area contributed by atoms with E-state index >= 15 is 24.0 Å². The van der Waals surface area contributed by atoms with Crippen molar-refractivity contribution in [1.29, 1.82) is 0 Å². The van der Waals surface area contributed by atoms with Crippen LogP contribution in [0.15, 0.2) is 72.9 Å². The number of ether oxygens (including phenoxy) is 2. The predicted molar refractivity (Wildman–Crippen MR) is 419 cm³/mol. The first-order valence-corrected chi connectivity index (χ1v) is 40.6. The minimum absolute atomic E-state index is 0.0149. The van der Waals surface area contributed by atoms with E-state index in [0.717, 1.165) is 26.5 Å². The highest BCUT2D eigenvalue weighted by atomic mass is 33.1. The predicted octanol–water partition coefficient (Wildman–Crippen LogP) is -1.83. The maximum absolute atomic E-state index is 15.6. The molecule has 37 heteroatoms. The van der Waals surface area contributed by atoms with Gasteiger partial charge in [0, 0.05) is 57.9 Å². The molecule has 35 nitrogen and oxygen atoms in total. The second-order valence-corrected chi connectivity index (χ2v) is 31.8. The third-order valence-corrected chi connectivity index (χ3v) is 22.6. The van der Waals surface area contributed by atoms with Crippen molar-refractivity contribution in [3.8, 4) is 0 Å². The number of nitrogens with zero attached hydrogens (tertiary/aromatic N) is 3. The molecule has 3 saturated heterocycles. The summed E-state index contributed by atoms with van der Waals surface area (Å²) in [5.74, 6) is -17.1. The Morgan fingerprint density at radius 2 is 1.18 bits per heavy atom. The Morgan fingerprint density at radius 1 is 0.628 bits per heavy atom. The van der Waals surface area contributed by atoms with E-state index in [0.29, 0.717) is 24.0 Å². The Morgan fingerprint density at radius 3 is 1.74 bits per heavy atom. The molecule has 18 atom stereocenters. The molecule has 0 spiro atoms. The van der Waals surface area contributed by atoms with Gasteiger partial charge in [-0.3, -0.25) is 72.0 Å². The SMILES string of the molecule is C=C1NC(=O)[C@H]([C@@H](C)CC)NC(=O)[C@@H]2CSSC[C@H](NC(=O)CCC(O)O)C(=O)N[C@H](Cc3ccccc3)C(=O)N[C@H](C)C(=O)N[C@@H](C[C@@H](C)CC)C(=O)N[C@@H](C(=O)N[C@H](Cc3ccccc3)C(=O)N3CCC[C@H]3C(=O)N2)[C@@H](C)OC(=O)[C@H](CO)NC(=O)[C@H]([C@@H](C)OC)N(C)C(=O)C(N(C)C)NC(=O)[C@H](C[C@H](C)CC)NC1=O. The van der Waals surface area contributed by atoms with Gasteiger partial charge in [0.1, 0.15) is 72.6 Å². The molecule has 15 N–H and O–H groups in total. The number of rotatable bonds is 20. The zero-order chi connectivity index (χ0) is 84.1. The van der Waals surface area contributed by atoms with Gasteiger partial charge in [-0.2, -0.15) is 0 Å². The summed E-state index contributed by atoms with van der Waals surface area (Å²) in [7, 11) is 7.10. The van der Waals surface area contributed by atoms with Crippen LogP contribution in [-0.4, -0.2) is 269 Å². The lowest BCUT2D eigenvalue weighted by Gasteiger charge is -2.36. The van der Waals surface area contributed by atoms with Crippen LogP contribution in [-0.2, 0) is 94.2 Å². The molecular formula is C76H115N15O20S2. The van der Waals surface area contributed by atoms with E-state index in [1.165, 1.54) is 58.8 Å². The number of aliphatic hydroxyl groups is 3. The number of amides is 14. The summed E-state index contributed by atoms with van der Waals surface area (Å²) in [6.07, 6.45) is -6.78. The molecule has 3 fully saturated rings. The summed E-state index contributed by atoms with van der Waals surface area (Å²) >= 11 is 0. The highest BCUT2D eigenvalue weighted by Crippen LogP contribution is 2.27. The lowest BCUT2D eigenvalue weighted by molar-refractivity contribution is -0.158. The van der Waals surface area contributed by atoms with E-state index in [2.05, 4.69) is 70.4 Å². The monoisotopic (exact) mass is 1620 g/mol. The van der Waals surface area contributed by atoms with Gasteiger partial charge in [-0.1, -0.05) is 150 Å². The molecule has 1 unspecified atom stereocenters. The Balaban J connectivity index is 1.80. The number of hydrogen-bond acceptors (Lipinski definition) is 23. The van der Waals surface area contributed by atoms with Gasteiger partial charge >= 0.3 is 5.97 Å². The van der Waals surface area contributed by atoms with Gasteiger partial charge in [0.05, 0.1) is 18.4 Å². The Hall–Kier alpha value is -9.27. The van der Waals surface area contributed by atoms with Crippen molar-refractivity contribution in [2.24, 2.45) is 17.8 Å². The lowest BCUT2D eigenvalue weighted by atomic mass is 9.97. The molecule has 2 aromatic rings. The van der Waals surface area contributed by atoms with E-state index in [1.807, 2.05) is 6.92 Å². The second kappa shape index (κ2) is 46.2. The first kappa shape index (κ1) is 94.3. The number of methoxy groups -OCH3 is 1. The van der Waals surface area contributed by atoms with Gasteiger partial charge in [0.25, 0.3) is 11.8 Å². The van der Waals surface area contributed by atoms with E-state index in [9.17, 15) is 63.3 Å². The number of nitrogens with one attached hydrogen (secondary N) is 12. The molecule has 3 aliphatic heterocycles. The fourth-order valence-corrected chi connectivity index (χ4v) is 14.9. The van der Waals surface area contributed by atoms with Gasteiger partial charge in [-0.05, 0) is 89.4 Å². The number of carbonyl (C=O) groups is 15. The number of likely N-dealkylation sites (N-methyl/N-ethyl adjacent to an activating group) is 2. The zero-order valence-electron chi connectivity index (χ0n) is 66.5. The van der Waals surface area contributed by atoms with Crippen LogP contribution in [0.2, 0.25) is 0 Å². The minimum atomic E-state index is -2.05. The summed E-state index contributed by atoms with van der Waals surface area (Å²) in [4.78, 5) is 225. The van der Waals surface area contributed by atoms with Crippen LogP contribution in [0.5, 0.6) is 0 Å². The summed E-state index contributed by atoms with van der Waals surface area (Å²) < 4.78 is 11.5. The lowest BCUT2D eigenvalue weighted by Crippen LogP contribution is -2.64. The molecule has 0 aromatic heterocycles. The normalized spacial score (nSPS) is 27.5. The average molecular weight is 1620 g/mol. The molecule has 113 heavy (non-hydrogen) atoms. The van der Waals surface area contributed by atoms with Crippen LogP contribution in [0.1, 0.15) is 131 Å².